The smallest absolute Gasteiger partial charge is 0.0283 e. The molecule has 140 valence electrons. The summed E-state index contributed by atoms with van der Waals surface area (Å²) in [6, 6.07) is 1.74. The van der Waals surface area contributed by atoms with Crippen LogP contribution >= 0.6 is 0 Å². The van der Waals surface area contributed by atoms with Crippen molar-refractivity contribution in [3.8, 4) is 0 Å². The van der Waals surface area contributed by atoms with E-state index >= 15 is 0 Å². The number of fused-ring (bicyclic) bond motifs is 2. The first-order chi connectivity index (χ1) is 12.1. The van der Waals surface area contributed by atoms with Crippen LogP contribution in [-0.2, 0) is 0 Å². The molecule has 4 fully saturated rings. The Morgan fingerprint density at radius 1 is 1.00 bits per heavy atom. The maximum Gasteiger partial charge on any atom is 0.0283 e. The van der Waals surface area contributed by atoms with E-state index in [1.165, 1.54) is 84.0 Å². The number of nitrogens with zero attached hydrogens (tertiary/aromatic N) is 2. The monoisotopic (exact) mass is 342 g/mol. The van der Waals surface area contributed by atoms with Crippen LogP contribution in [0.25, 0.3) is 0 Å². The highest BCUT2D eigenvalue weighted by Gasteiger charge is 2.52. The van der Waals surface area contributed by atoms with Gasteiger partial charge in [-0.15, -0.1) is 0 Å². The van der Waals surface area contributed by atoms with Crippen molar-refractivity contribution in [3.63, 3.8) is 0 Å². The topological polar surface area (TPSA) is 6.48 Å². The molecule has 0 spiro atoms. The van der Waals surface area contributed by atoms with Gasteiger partial charge in [-0.05, 0) is 68.2 Å². The second kappa shape index (κ2) is 6.37. The van der Waals surface area contributed by atoms with Gasteiger partial charge >= 0.3 is 0 Å². The lowest BCUT2D eigenvalue weighted by atomic mass is 9.49. The number of rotatable bonds is 3. The molecule has 4 aliphatic carbocycles. The van der Waals surface area contributed by atoms with Gasteiger partial charge in [0.05, 0.1) is 0 Å². The van der Waals surface area contributed by atoms with E-state index < -0.39 is 0 Å². The predicted molar refractivity (Wildman–Crippen MR) is 105 cm³/mol. The van der Waals surface area contributed by atoms with Crippen LogP contribution in [0.1, 0.15) is 71.6 Å². The van der Waals surface area contributed by atoms with Gasteiger partial charge in [0, 0.05) is 31.7 Å². The van der Waals surface area contributed by atoms with Gasteiger partial charge in [-0.25, -0.2) is 0 Å². The van der Waals surface area contributed by atoms with E-state index in [1.54, 1.807) is 0 Å². The van der Waals surface area contributed by atoms with Crippen molar-refractivity contribution in [2.24, 2.45) is 23.2 Å². The van der Waals surface area contributed by atoms with Gasteiger partial charge in [-0.2, -0.15) is 0 Å². The van der Waals surface area contributed by atoms with Crippen molar-refractivity contribution in [2.75, 3.05) is 26.2 Å². The Morgan fingerprint density at radius 2 is 1.84 bits per heavy atom. The predicted octanol–water partition coefficient (Wildman–Crippen LogP) is 4.71. The quantitative estimate of drug-likeness (QED) is 0.686. The van der Waals surface area contributed by atoms with Gasteiger partial charge in [0.2, 0.25) is 0 Å². The first-order valence-corrected chi connectivity index (χ1v) is 11.3. The molecule has 6 aliphatic rings. The molecule has 4 atom stereocenters. The third kappa shape index (κ3) is 2.74. The van der Waals surface area contributed by atoms with Crippen molar-refractivity contribution >= 4 is 0 Å². The molecule has 0 aromatic rings. The summed E-state index contributed by atoms with van der Waals surface area (Å²) in [5.41, 5.74) is 2.40. The molecular formula is C23H38N2. The molecule has 0 unspecified atom stereocenters. The Bertz CT molecular complexity index is 530. The highest BCUT2D eigenvalue weighted by molar-refractivity contribution is 5.25. The Hall–Kier alpha value is -0.340. The van der Waals surface area contributed by atoms with Gasteiger partial charge in [-0.1, -0.05) is 44.8 Å². The molecule has 6 rings (SSSR count). The molecule has 0 aromatic carbocycles. The summed E-state index contributed by atoms with van der Waals surface area (Å²) in [7, 11) is 0. The Morgan fingerprint density at radius 3 is 2.60 bits per heavy atom. The molecule has 2 aliphatic heterocycles. The highest BCUT2D eigenvalue weighted by atomic mass is 15.3. The lowest BCUT2D eigenvalue weighted by Crippen LogP contribution is -2.61. The summed E-state index contributed by atoms with van der Waals surface area (Å²) in [6.07, 6.45) is 15.9. The average Bonchev–Trinajstić information content (AvgIpc) is 3.11. The lowest BCUT2D eigenvalue weighted by Gasteiger charge is -2.58. The second-order valence-electron chi connectivity index (χ2n) is 10.4. The molecule has 2 heterocycles. The summed E-state index contributed by atoms with van der Waals surface area (Å²) in [6.45, 7) is 10.4. The zero-order valence-electron chi connectivity index (χ0n) is 16.6. The number of hydrogen-bond donors (Lipinski definition) is 0. The van der Waals surface area contributed by atoms with Crippen LogP contribution in [0, 0.1) is 23.2 Å². The maximum absolute atomic E-state index is 2.98. The minimum atomic E-state index is 0.583. The molecule has 0 aromatic heterocycles. The molecule has 2 heteroatoms. The zero-order valence-corrected chi connectivity index (χ0v) is 16.6. The van der Waals surface area contributed by atoms with E-state index in [1.807, 2.05) is 5.57 Å². The Balaban J connectivity index is 1.36. The fourth-order valence-corrected chi connectivity index (χ4v) is 7.33. The SMILES string of the molecule is CC1(C)[C@H]2CC=C(CN3CCN4CCC[C@@H]4[C@H]3C3CCCCC3)[C@H]1C2. The van der Waals surface area contributed by atoms with Crippen molar-refractivity contribution in [1.29, 1.82) is 0 Å². The van der Waals surface area contributed by atoms with E-state index in [-0.39, 0.29) is 0 Å². The molecule has 25 heavy (non-hydrogen) atoms. The van der Waals surface area contributed by atoms with Crippen LogP contribution < -0.4 is 0 Å². The largest absolute Gasteiger partial charge is 0.298 e. The van der Waals surface area contributed by atoms with Crippen LogP contribution in [-0.4, -0.2) is 48.1 Å². The first-order valence-electron chi connectivity index (χ1n) is 11.3. The average molecular weight is 343 g/mol. The van der Waals surface area contributed by atoms with Crippen LogP contribution in [0.15, 0.2) is 11.6 Å². The Labute approximate surface area is 155 Å². The number of piperazine rings is 1. The minimum absolute atomic E-state index is 0.583. The maximum atomic E-state index is 2.98. The summed E-state index contributed by atoms with van der Waals surface area (Å²) >= 11 is 0. The van der Waals surface area contributed by atoms with Crippen molar-refractivity contribution < 1.29 is 0 Å². The summed E-state index contributed by atoms with van der Waals surface area (Å²) in [5, 5.41) is 0. The molecule has 2 bridgehead atoms. The second-order valence-corrected chi connectivity index (χ2v) is 10.4. The van der Waals surface area contributed by atoms with E-state index in [0.29, 0.717) is 5.41 Å². The Kier molecular flexibility index (Phi) is 4.28. The van der Waals surface area contributed by atoms with Crippen LogP contribution in [0.4, 0.5) is 0 Å². The summed E-state index contributed by atoms with van der Waals surface area (Å²) in [5.74, 6) is 2.84. The lowest BCUT2D eigenvalue weighted by molar-refractivity contribution is -0.0268. The summed E-state index contributed by atoms with van der Waals surface area (Å²) in [4.78, 5) is 5.83. The van der Waals surface area contributed by atoms with Crippen LogP contribution in [0.2, 0.25) is 0 Å². The van der Waals surface area contributed by atoms with Crippen LogP contribution in [0.5, 0.6) is 0 Å². The van der Waals surface area contributed by atoms with Gasteiger partial charge < -0.3 is 0 Å². The van der Waals surface area contributed by atoms with Crippen molar-refractivity contribution in [1.82, 2.24) is 9.80 Å². The molecule has 0 amide bonds. The molecule has 0 radical (unpaired) electrons. The van der Waals surface area contributed by atoms with E-state index in [2.05, 4.69) is 29.7 Å². The zero-order chi connectivity index (χ0) is 17.0. The van der Waals surface area contributed by atoms with Gasteiger partial charge in [-0.3, -0.25) is 9.80 Å². The molecule has 2 nitrogen and oxygen atoms in total. The molecule has 0 N–H and O–H groups in total. The molecule has 2 saturated carbocycles. The number of hydrogen-bond acceptors (Lipinski definition) is 2. The molecular weight excluding hydrogens is 304 g/mol. The van der Waals surface area contributed by atoms with Gasteiger partial charge in [0.25, 0.3) is 0 Å². The van der Waals surface area contributed by atoms with E-state index in [9.17, 15) is 0 Å². The van der Waals surface area contributed by atoms with E-state index in [4.69, 9.17) is 0 Å². The fraction of sp³-hybridized carbons (Fsp3) is 0.913. The van der Waals surface area contributed by atoms with Crippen molar-refractivity contribution in [3.05, 3.63) is 11.6 Å². The van der Waals surface area contributed by atoms with Crippen LogP contribution in [0.3, 0.4) is 0 Å². The summed E-state index contributed by atoms with van der Waals surface area (Å²) < 4.78 is 0. The third-order valence-corrected chi connectivity index (χ3v) is 9.01. The first kappa shape index (κ1) is 16.8. The standard InChI is InChI=1S/C23H38N2/c1-23(2)19-11-10-18(20(23)15-19)16-25-14-13-24-12-6-9-21(24)22(25)17-7-4-3-5-8-17/h10,17,19-22H,3-9,11-16H2,1-2H3/t19-,20+,21+,22+/m0/s1. The normalized spacial score (nSPS) is 41.9. The van der Waals surface area contributed by atoms with Crippen molar-refractivity contribution in [2.45, 2.75) is 83.7 Å². The third-order valence-electron chi connectivity index (χ3n) is 9.01. The minimum Gasteiger partial charge on any atom is -0.298 e. The highest BCUT2D eigenvalue weighted by Crippen LogP contribution is 2.59. The van der Waals surface area contributed by atoms with Gasteiger partial charge in [0.15, 0.2) is 0 Å². The van der Waals surface area contributed by atoms with Gasteiger partial charge in [0.1, 0.15) is 0 Å². The number of allylic oxidation sites excluding steroid dienone is 1. The van der Waals surface area contributed by atoms with E-state index in [0.717, 1.165) is 29.8 Å². The fourth-order valence-electron chi connectivity index (χ4n) is 7.33. The molecule has 2 saturated heterocycles.